The third kappa shape index (κ3) is 6.48. The molecule has 5 heteroatoms. The van der Waals surface area contributed by atoms with Crippen molar-refractivity contribution >= 4 is 12.2 Å². The average molecular weight is 380 g/mol. The summed E-state index contributed by atoms with van der Waals surface area (Å²) in [6, 6.07) is 8.60. The van der Waals surface area contributed by atoms with Crippen LogP contribution < -0.4 is 10.6 Å². The van der Waals surface area contributed by atoms with Gasteiger partial charge >= 0.3 is 0 Å². The third-order valence-corrected chi connectivity index (χ3v) is 4.80. The van der Waals surface area contributed by atoms with Gasteiger partial charge in [-0.2, -0.15) is 0 Å². The van der Waals surface area contributed by atoms with Crippen molar-refractivity contribution in [3.63, 3.8) is 0 Å². The molecule has 0 amide bonds. The first-order valence-electron chi connectivity index (χ1n) is 10.3. The van der Waals surface area contributed by atoms with Gasteiger partial charge in [0, 0.05) is 31.2 Å². The molecular weight excluding hydrogens is 346 g/mol. The zero-order chi connectivity index (χ0) is 20.2. The van der Waals surface area contributed by atoms with Gasteiger partial charge in [-0.15, -0.1) is 0 Å². The standard InChI is InChI=1S/C23H33N5/c1-4-6-7-8-9-10-19-11-12-20(15-18(19)5-2)22-13-14-26-23(28-22)27-21(16-24)17-25-3/h11-17,24-25H,4-10H2,1-3H3,(H,26,27,28)/b21-17+,24-16?. The minimum atomic E-state index is 0.487. The van der Waals surface area contributed by atoms with Gasteiger partial charge in [-0.1, -0.05) is 51.7 Å². The molecule has 2 aromatic rings. The predicted octanol–water partition coefficient (Wildman–Crippen LogP) is 5.34. The molecule has 0 atom stereocenters. The van der Waals surface area contributed by atoms with E-state index in [-0.39, 0.29) is 0 Å². The van der Waals surface area contributed by atoms with Crippen LogP contribution in [0.5, 0.6) is 0 Å². The highest BCUT2D eigenvalue weighted by Gasteiger charge is 2.07. The van der Waals surface area contributed by atoms with E-state index in [0.717, 1.165) is 24.1 Å². The number of aromatic nitrogens is 2. The molecule has 150 valence electrons. The van der Waals surface area contributed by atoms with Crippen LogP contribution in [-0.4, -0.2) is 23.2 Å². The summed E-state index contributed by atoms with van der Waals surface area (Å²) in [7, 11) is 1.79. The smallest absolute Gasteiger partial charge is 0.227 e. The van der Waals surface area contributed by atoms with Crippen molar-refractivity contribution in [1.82, 2.24) is 15.3 Å². The average Bonchev–Trinajstić information content (AvgIpc) is 2.73. The van der Waals surface area contributed by atoms with Crippen LogP contribution >= 0.6 is 0 Å². The number of anilines is 1. The molecule has 0 aliphatic carbocycles. The first-order valence-corrected chi connectivity index (χ1v) is 10.3. The Kier molecular flexibility index (Phi) is 9.19. The number of rotatable bonds is 12. The molecule has 1 aromatic heterocycles. The Morgan fingerprint density at radius 3 is 2.61 bits per heavy atom. The number of aryl methyl sites for hydroxylation is 2. The van der Waals surface area contributed by atoms with Gasteiger partial charge in [0.1, 0.15) is 0 Å². The molecule has 28 heavy (non-hydrogen) atoms. The van der Waals surface area contributed by atoms with Crippen LogP contribution in [0, 0.1) is 5.41 Å². The molecule has 0 radical (unpaired) electrons. The van der Waals surface area contributed by atoms with E-state index in [4.69, 9.17) is 5.41 Å². The highest BCUT2D eigenvalue weighted by molar-refractivity contribution is 5.79. The lowest BCUT2D eigenvalue weighted by Crippen LogP contribution is -2.08. The molecular formula is C23H33N5. The normalized spacial score (nSPS) is 11.3. The van der Waals surface area contributed by atoms with Crippen molar-refractivity contribution < 1.29 is 0 Å². The van der Waals surface area contributed by atoms with Crippen LogP contribution in [0.1, 0.15) is 57.1 Å². The molecule has 0 saturated carbocycles. The Bertz CT molecular complexity index is 782. The van der Waals surface area contributed by atoms with Crippen molar-refractivity contribution in [1.29, 1.82) is 5.41 Å². The molecule has 0 fully saturated rings. The van der Waals surface area contributed by atoms with Gasteiger partial charge in [0.25, 0.3) is 0 Å². The van der Waals surface area contributed by atoms with Gasteiger partial charge in [-0.3, -0.25) is 0 Å². The second-order valence-corrected chi connectivity index (χ2v) is 6.92. The first kappa shape index (κ1) is 21.6. The number of benzene rings is 1. The number of unbranched alkanes of at least 4 members (excludes halogenated alkanes) is 4. The fourth-order valence-corrected chi connectivity index (χ4v) is 3.26. The van der Waals surface area contributed by atoms with Gasteiger partial charge < -0.3 is 16.0 Å². The Morgan fingerprint density at radius 1 is 1.07 bits per heavy atom. The molecule has 3 N–H and O–H groups in total. The van der Waals surface area contributed by atoms with Crippen LogP contribution in [-0.2, 0) is 12.8 Å². The number of hydrogen-bond donors (Lipinski definition) is 3. The Balaban J connectivity index is 2.13. The summed E-state index contributed by atoms with van der Waals surface area (Å²) in [5.74, 6) is 0.487. The topological polar surface area (TPSA) is 73.7 Å². The summed E-state index contributed by atoms with van der Waals surface area (Å²) in [4.78, 5) is 8.89. The second kappa shape index (κ2) is 11.9. The predicted molar refractivity (Wildman–Crippen MR) is 119 cm³/mol. The zero-order valence-corrected chi connectivity index (χ0v) is 17.4. The number of allylic oxidation sites excluding steroid dienone is 1. The van der Waals surface area contributed by atoms with Gasteiger partial charge in [0.15, 0.2) is 0 Å². The lowest BCUT2D eigenvalue weighted by Gasteiger charge is -2.11. The van der Waals surface area contributed by atoms with Crippen molar-refractivity contribution in [2.45, 2.75) is 58.8 Å². The summed E-state index contributed by atoms with van der Waals surface area (Å²) >= 11 is 0. The number of nitrogens with one attached hydrogen (secondary N) is 3. The van der Waals surface area contributed by atoms with E-state index in [2.05, 4.69) is 52.6 Å². The summed E-state index contributed by atoms with van der Waals surface area (Å²) in [5.41, 5.74) is 5.45. The summed E-state index contributed by atoms with van der Waals surface area (Å²) in [6.45, 7) is 4.47. The maximum atomic E-state index is 7.45. The molecule has 1 heterocycles. The first-order chi connectivity index (χ1) is 13.7. The van der Waals surface area contributed by atoms with E-state index < -0.39 is 0 Å². The van der Waals surface area contributed by atoms with Gasteiger partial charge in [0.2, 0.25) is 5.95 Å². The zero-order valence-electron chi connectivity index (χ0n) is 17.4. The van der Waals surface area contributed by atoms with Gasteiger partial charge in [-0.05, 0) is 42.5 Å². The van der Waals surface area contributed by atoms with Crippen LogP contribution in [0.15, 0.2) is 42.4 Å². The minimum Gasteiger partial charge on any atom is -0.392 e. The highest BCUT2D eigenvalue weighted by Crippen LogP contribution is 2.23. The van der Waals surface area contributed by atoms with E-state index in [1.54, 1.807) is 19.4 Å². The SMILES string of the molecule is CCCCCCCc1ccc(-c2ccnc(N/C(C=N)=C/NC)n2)cc1CC. The fraction of sp³-hybridized carbons (Fsp3) is 0.435. The molecule has 0 aliphatic heterocycles. The second-order valence-electron chi connectivity index (χ2n) is 6.92. The minimum absolute atomic E-state index is 0.487. The van der Waals surface area contributed by atoms with Crippen molar-refractivity contribution in [3.05, 3.63) is 53.5 Å². The quantitative estimate of drug-likeness (QED) is 0.344. The van der Waals surface area contributed by atoms with E-state index >= 15 is 0 Å². The monoisotopic (exact) mass is 379 g/mol. The molecule has 0 aliphatic rings. The van der Waals surface area contributed by atoms with Crippen LogP contribution in [0.3, 0.4) is 0 Å². The van der Waals surface area contributed by atoms with Crippen LogP contribution in [0.25, 0.3) is 11.3 Å². The lowest BCUT2D eigenvalue weighted by atomic mass is 9.96. The van der Waals surface area contributed by atoms with Crippen molar-refractivity contribution in [2.24, 2.45) is 0 Å². The van der Waals surface area contributed by atoms with Crippen LogP contribution in [0.4, 0.5) is 5.95 Å². The van der Waals surface area contributed by atoms with E-state index in [1.165, 1.54) is 49.4 Å². The van der Waals surface area contributed by atoms with Crippen LogP contribution in [0.2, 0.25) is 0 Å². The van der Waals surface area contributed by atoms with E-state index in [0.29, 0.717) is 11.6 Å². The molecule has 2 rings (SSSR count). The Labute approximate surface area is 169 Å². The maximum Gasteiger partial charge on any atom is 0.227 e. The summed E-state index contributed by atoms with van der Waals surface area (Å²) < 4.78 is 0. The maximum absolute atomic E-state index is 7.45. The van der Waals surface area contributed by atoms with Crippen molar-refractivity contribution in [2.75, 3.05) is 12.4 Å². The van der Waals surface area contributed by atoms with E-state index in [1.807, 2.05) is 6.07 Å². The molecule has 0 bridgehead atoms. The van der Waals surface area contributed by atoms with E-state index in [9.17, 15) is 0 Å². The molecule has 5 nitrogen and oxygen atoms in total. The summed E-state index contributed by atoms with van der Waals surface area (Å²) in [6.07, 6.45) is 13.4. The largest absolute Gasteiger partial charge is 0.392 e. The molecule has 0 saturated heterocycles. The number of nitrogens with zero attached hydrogens (tertiary/aromatic N) is 2. The fourth-order valence-electron chi connectivity index (χ4n) is 3.26. The van der Waals surface area contributed by atoms with Gasteiger partial charge in [0.05, 0.1) is 11.4 Å². The number of hydrogen-bond acceptors (Lipinski definition) is 5. The van der Waals surface area contributed by atoms with Crippen molar-refractivity contribution in [3.8, 4) is 11.3 Å². The molecule has 0 unspecified atom stereocenters. The molecule has 1 aromatic carbocycles. The Morgan fingerprint density at radius 2 is 1.89 bits per heavy atom. The highest BCUT2D eigenvalue weighted by atomic mass is 15.1. The third-order valence-electron chi connectivity index (χ3n) is 4.80. The molecule has 0 spiro atoms. The summed E-state index contributed by atoms with van der Waals surface area (Å²) in [5, 5.41) is 13.4. The van der Waals surface area contributed by atoms with Gasteiger partial charge in [-0.25, -0.2) is 9.97 Å². The Hall–Kier alpha value is -2.69. The lowest BCUT2D eigenvalue weighted by molar-refractivity contribution is 0.631.